The Morgan fingerprint density at radius 1 is 1.38 bits per heavy atom. The number of nitrogens with one attached hydrogen (secondary N) is 1. The number of fused-ring (bicyclic) bond motifs is 1. The van der Waals surface area contributed by atoms with E-state index in [1.165, 1.54) is 0 Å². The number of hydrogen-bond acceptors (Lipinski definition) is 1. The molecule has 0 aliphatic carbocycles. The van der Waals surface area contributed by atoms with Crippen molar-refractivity contribution in [3.8, 4) is 0 Å². The van der Waals surface area contributed by atoms with Gasteiger partial charge in [0, 0.05) is 17.6 Å². The van der Waals surface area contributed by atoms with E-state index in [1.807, 2.05) is 19.1 Å². The van der Waals surface area contributed by atoms with E-state index in [1.54, 1.807) is 12.3 Å². The molecule has 66 valence electrons. The minimum atomic E-state index is -0.104. The van der Waals surface area contributed by atoms with Crippen LogP contribution in [0.15, 0.2) is 29.2 Å². The fraction of sp³-hybridized carbons (Fsp3) is 0.100. The van der Waals surface area contributed by atoms with Gasteiger partial charge in [-0.3, -0.25) is 4.79 Å². The maximum atomic E-state index is 11.0. The predicted octanol–water partition coefficient (Wildman–Crippen LogP) is 2.49. The Bertz CT molecular complexity index is 516. The third kappa shape index (κ3) is 1.33. The molecule has 0 saturated carbocycles. The maximum absolute atomic E-state index is 11.0. The number of halogens is 1. The molecule has 1 N–H and O–H groups in total. The van der Waals surface area contributed by atoms with Gasteiger partial charge in [-0.05, 0) is 17.9 Å². The highest BCUT2D eigenvalue weighted by Gasteiger charge is 2.01. The molecule has 13 heavy (non-hydrogen) atoms. The minimum Gasteiger partial charge on any atom is -0.328 e. The quantitative estimate of drug-likeness (QED) is 0.685. The van der Waals surface area contributed by atoms with Crippen molar-refractivity contribution < 1.29 is 0 Å². The first-order valence-corrected chi connectivity index (χ1v) is 4.34. The zero-order valence-corrected chi connectivity index (χ0v) is 7.85. The van der Waals surface area contributed by atoms with Crippen molar-refractivity contribution >= 4 is 22.4 Å². The molecule has 2 aromatic rings. The fourth-order valence-corrected chi connectivity index (χ4v) is 1.54. The van der Waals surface area contributed by atoms with Gasteiger partial charge in [0.1, 0.15) is 0 Å². The molecule has 0 spiro atoms. The van der Waals surface area contributed by atoms with Gasteiger partial charge in [0.25, 0.3) is 0 Å². The Hall–Kier alpha value is -1.28. The molecule has 3 heteroatoms. The van der Waals surface area contributed by atoms with Crippen molar-refractivity contribution in [1.29, 1.82) is 0 Å². The van der Waals surface area contributed by atoms with Crippen molar-refractivity contribution in [3.63, 3.8) is 0 Å². The number of H-pyrrole nitrogens is 1. The molecule has 0 saturated heterocycles. The average molecular weight is 194 g/mol. The summed E-state index contributed by atoms with van der Waals surface area (Å²) in [6, 6.07) is 5.34. The number of rotatable bonds is 0. The molecule has 2 rings (SSSR count). The van der Waals surface area contributed by atoms with Crippen LogP contribution in [0.2, 0.25) is 5.02 Å². The SMILES string of the molecule is Cc1ccc2cc(=O)[nH]cc2c1Cl. The van der Waals surface area contributed by atoms with Gasteiger partial charge in [0.05, 0.1) is 5.02 Å². The Labute approximate surface area is 80.2 Å². The summed E-state index contributed by atoms with van der Waals surface area (Å²) < 4.78 is 0. The molecule has 0 unspecified atom stereocenters. The fourth-order valence-electron chi connectivity index (χ4n) is 1.32. The topological polar surface area (TPSA) is 32.9 Å². The lowest BCUT2D eigenvalue weighted by atomic mass is 10.1. The minimum absolute atomic E-state index is 0.104. The largest absolute Gasteiger partial charge is 0.328 e. The number of aryl methyl sites for hydroxylation is 1. The lowest BCUT2D eigenvalue weighted by Gasteiger charge is -2.01. The van der Waals surface area contributed by atoms with Crippen molar-refractivity contribution in [2.45, 2.75) is 6.92 Å². The van der Waals surface area contributed by atoms with Crippen LogP contribution in [0.3, 0.4) is 0 Å². The normalized spacial score (nSPS) is 10.6. The first kappa shape index (κ1) is 8.32. The van der Waals surface area contributed by atoms with Gasteiger partial charge in [-0.15, -0.1) is 0 Å². The molecular weight excluding hydrogens is 186 g/mol. The van der Waals surface area contributed by atoms with Gasteiger partial charge in [0.15, 0.2) is 0 Å². The van der Waals surface area contributed by atoms with E-state index in [0.717, 1.165) is 16.3 Å². The molecule has 1 aromatic heterocycles. The Morgan fingerprint density at radius 2 is 2.15 bits per heavy atom. The smallest absolute Gasteiger partial charge is 0.248 e. The van der Waals surface area contributed by atoms with E-state index in [9.17, 15) is 4.79 Å². The Kier molecular flexibility index (Phi) is 1.85. The van der Waals surface area contributed by atoms with Crippen molar-refractivity contribution in [1.82, 2.24) is 4.98 Å². The molecule has 1 heterocycles. The Balaban J connectivity index is 2.95. The molecule has 0 fully saturated rings. The van der Waals surface area contributed by atoms with E-state index in [2.05, 4.69) is 4.98 Å². The number of pyridine rings is 1. The summed E-state index contributed by atoms with van der Waals surface area (Å²) in [5.74, 6) is 0. The second kappa shape index (κ2) is 2.89. The Morgan fingerprint density at radius 3 is 2.92 bits per heavy atom. The van der Waals surface area contributed by atoms with Crippen molar-refractivity contribution in [2.24, 2.45) is 0 Å². The molecular formula is C10H8ClNO. The highest BCUT2D eigenvalue weighted by Crippen LogP contribution is 2.24. The zero-order chi connectivity index (χ0) is 9.42. The van der Waals surface area contributed by atoms with Crippen LogP contribution in [-0.4, -0.2) is 4.98 Å². The summed E-state index contributed by atoms with van der Waals surface area (Å²) in [6.45, 7) is 1.94. The zero-order valence-electron chi connectivity index (χ0n) is 7.10. The molecule has 0 amide bonds. The second-order valence-corrected chi connectivity index (χ2v) is 3.37. The lowest BCUT2D eigenvalue weighted by molar-refractivity contribution is 1.26. The monoisotopic (exact) mass is 193 g/mol. The van der Waals surface area contributed by atoms with Crippen molar-refractivity contribution in [2.75, 3.05) is 0 Å². The third-order valence-electron chi connectivity index (χ3n) is 2.05. The van der Waals surface area contributed by atoms with E-state index < -0.39 is 0 Å². The van der Waals surface area contributed by atoms with Crippen LogP contribution in [-0.2, 0) is 0 Å². The lowest BCUT2D eigenvalue weighted by Crippen LogP contribution is -2.01. The highest BCUT2D eigenvalue weighted by molar-refractivity contribution is 6.36. The van der Waals surface area contributed by atoms with Gasteiger partial charge >= 0.3 is 0 Å². The van der Waals surface area contributed by atoms with Crippen LogP contribution >= 0.6 is 11.6 Å². The van der Waals surface area contributed by atoms with E-state index in [-0.39, 0.29) is 5.56 Å². The molecule has 1 aromatic carbocycles. The molecule has 0 bridgehead atoms. The molecule has 0 aliphatic heterocycles. The van der Waals surface area contributed by atoms with Gasteiger partial charge in [-0.1, -0.05) is 23.7 Å². The van der Waals surface area contributed by atoms with Crippen LogP contribution in [0.5, 0.6) is 0 Å². The number of aromatic nitrogens is 1. The van der Waals surface area contributed by atoms with Crippen molar-refractivity contribution in [3.05, 3.63) is 45.3 Å². The summed E-state index contributed by atoms with van der Waals surface area (Å²) in [4.78, 5) is 13.6. The highest BCUT2D eigenvalue weighted by atomic mass is 35.5. The molecule has 0 atom stereocenters. The maximum Gasteiger partial charge on any atom is 0.248 e. The number of hydrogen-bond donors (Lipinski definition) is 1. The van der Waals surface area contributed by atoms with Gasteiger partial charge < -0.3 is 4.98 Å². The average Bonchev–Trinajstić information content (AvgIpc) is 2.12. The number of benzene rings is 1. The van der Waals surface area contributed by atoms with Gasteiger partial charge in [-0.25, -0.2) is 0 Å². The number of aromatic amines is 1. The van der Waals surface area contributed by atoms with Crippen LogP contribution in [0, 0.1) is 6.92 Å². The first-order valence-electron chi connectivity index (χ1n) is 3.96. The summed E-state index contributed by atoms with van der Waals surface area (Å²) in [6.07, 6.45) is 1.65. The van der Waals surface area contributed by atoms with Gasteiger partial charge in [0.2, 0.25) is 5.56 Å². The summed E-state index contributed by atoms with van der Waals surface area (Å²) in [5, 5.41) is 2.47. The van der Waals surface area contributed by atoms with E-state index in [4.69, 9.17) is 11.6 Å². The predicted molar refractivity (Wildman–Crippen MR) is 54.3 cm³/mol. The van der Waals surface area contributed by atoms with Crippen LogP contribution < -0.4 is 5.56 Å². The molecule has 2 nitrogen and oxygen atoms in total. The van der Waals surface area contributed by atoms with E-state index >= 15 is 0 Å². The third-order valence-corrected chi connectivity index (χ3v) is 2.55. The molecule has 0 radical (unpaired) electrons. The second-order valence-electron chi connectivity index (χ2n) is 3.00. The van der Waals surface area contributed by atoms with Gasteiger partial charge in [-0.2, -0.15) is 0 Å². The standard InChI is InChI=1S/C10H8ClNO/c1-6-2-3-7-4-9(13)12-5-8(7)10(6)11/h2-5H,1H3,(H,12,13). The van der Waals surface area contributed by atoms with Crippen LogP contribution in [0.1, 0.15) is 5.56 Å². The molecule has 0 aliphatic rings. The summed E-state index contributed by atoms with van der Waals surface area (Å²) >= 11 is 6.06. The summed E-state index contributed by atoms with van der Waals surface area (Å²) in [7, 11) is 0. The van der Waals surface area contributed by atoms with Crippen LogP contribution in [0.4, 0.5) is 0 Å². The first-order chi connectivity index (χ1) is 6.18. The summed E-state index contributed by atoms with van der Waals surface area (Å²) in [5.41, 5.74) is 0.911. The van der Waals surface area contributed by atoms with E-state index in [0.29, 0.717) is 5.02 Å². The van der Waals surface area contributed by atoms with Crippen LogP contribution in [0.25, 0.3) is 10.8 Å².